The topological polar surface area (TPSA) is 107 Å². The minimum Gasteiger partial charge on any atom is -0.444 e. The second-order valence-electron chi connectivity index (χ2n) is 11.8. The van der Waals surface area contributed by atoms with E-state index in [0.29, 0.717) is 13.1 Å². The summed E-state index contributed by atoms with van der Waals surface area (Å²) in [6.07, 6.45) is 2.50. The van der Waals surface area contributed by atoms with Crippen molar-refractivity contribution < 1.29 is 14.3 Å². The SMILES string of the molecule is Cc1cc(C(N)=O)nn1-c1ccc(Cc2ccc(-c3ccc(CN4CCN(C(=O)OC(C)(C)C)CC4)nc3)cc2)cc1. The molecule has 2 aromatic heterocycles. The number of aromatic nitrogens is 3. The maximum Gasteiger partial charge on any atom is 0.410 e. The van der Waals surface area contributed by atoms with Crippen LogP contribution in [0.2, 0.25) is 0 Å². The minimum absolute atomic E-state index is 0.240. The molecule has 4 aromatic rings. The highest BCUT2D eigenvalue weighted by molar-refractivity contribution is 5.90. The molecule has 9 heteroatoms. The van der Waals surface area contributed by atoms with Gasteiger partial charge in [-0.1, -0.05) is 42.5 Å². The van der Waals surface area contributed by atoms with Crippen LogP contribution in [-0.4, -0.2) is 68.3 Å². The molecule has 1 saturated heterocycles. The van der Waals surface area contributed by atoms with E-state index in [1.807, 2.05) is 46.0 Å². The van der Waals surface area contributed by atoms with Gasteiger partial charge in [-0.2, -0.15) is 5.10 Å². The average Bonchev–Trinajstić information content (AvgIpc) is 3.36. The average molecular weight is 567 g/mol. The number of amides is 2. The van der Waals surface area contributed by atoms with Crippen molar-refractivity contribution in [2.24, 2.45) is 5.73 Å². The maximum absolute atomic E-state index is 12.3. The highest BCUT2D eigenvalue weighted by Crippen LogP contribution is 2.22. The van der Waals surface area contributed by atoms with Gasteiger partial charge in [0, 0.05) is 50.2 Å². The Morgan fingerprint density at radius 2 is 1.50 bits per heavy atom. The van der Waals surface area contributed by atoms with Crippen LogP contribution in [0.25, 0.3) is 16.8 Å². The standard InChI is InChI=1S/C33H38N6O3/c1-23-19-30(31(34)40)36-39(23)29-13-7-25(8-14-29)20-24-5-9-26(10-6-24)27-11-12-28(35-21-27)22-37-15-17-38(18-16-37)32(41)42-33(2,3)4/h5-14,19,21H,15-18,20,22H2,1-4H3,(H2,34,40). The molecule has 3 heterocycles. The van der Waals surface area contributed by atoms with Crippen LogP contribution < -0.4 is 5.73 Å². The molecule has 1 aliphatic rings. The highest BCUT2D eigenvalue weighted by Gasteiger charge is 2.26. The Bertz CT molecular complexity index is 1530. The van der Waals surface area contributed by atoms with Gasteiger partial charge in [-0.05, 0) is 75.1 Å². The molecule has 42 heavy (non-hydrogen) atoms. The summed E-state index contributed by atoms with van der Waals surface area (Å²) in [5.74, 6) is -0.532. The Balaban J connectivity index is 1.13. The second kappa shape index (κ2) is 12.2. The first-order valence-electron chi connectivity index (χ1n) is 14.2. The van der Waals surface area contributed by atoms with E-state index in [1.165, 1.54) is 11.1 Å². The van der Waals surface area contributed by atoms with Crippen molar-refractivity contribution in [3.8, 4) is 16.8 Å². The van der Waals surface area contributed by atoms with E-state index in [2.05, 4.69) is 58.5 Å². The van der Waals surface area contributed by atoms with Crippen molar-refractivity contribution in [2.45, 2.75) is 46.3 Å². The number of rotatable bonds is 7. The highest BCUT2D eigenvalue weighted by atomic mass is 16.6. The first-order valence-corrected chi connectivity index (χ1v) is 14.2. The van der Waals surface area contributed by atoms with Crippen LogP contribution in [0.15, 0.2) is 72.9 Å². The number of carbonyl (C=O) groups excluding carboxylic acids is 2. The van der Waals surface area contributed by atoms with Gasteiger partial charge >= 0.3 is 6.09 Å². The Morgan fingerprint density at radius 1 is 0.881 bits per heavy atom. The number of piperazine rings is 1. The van der Waals surface area contributed by atoms with Crippen LogP contribution in [0.3, 0.4) is 0 Å². The van der Waals surface area contributed by atoms with E-state index in [1.54, 1.807) is 15.6 Å². The summed E-state index contributed by atoms with van der Waals surface area (Å²) >= 11 is 0. The Kier molecular flexibility index (Phi) is 8.40. The quantitative estimate of drug-likeness (QED) is 0.338. The summed E-state index contributed by atoms with van der Waals surface area (Å²) < 4.78 is 7.22. The molecule has 218 valence electrons. The molecule has 0 aliphatic carbocycles. The van der Waals surface area contributed by atoms with Crippen LogP contribution in [0, 0.1) is 6.92 Å². The normalized spacial score (nSPS) is 14.1. The molecule has 2 N–H and O–H groups in total. The summed E-state index contributed by atoms with van der Waals surface area (Å²) in [6.45, 7) is 11.2. The van der Waals surface area contributed by atoms with Crippen LogP contribution >= 0.6 is 0 Å². The zero-order valence-electron chi connectivity index (χ0n) is 24.7. The fraction of sp³-hybridized carbons (Fsp3) is 0.333. The van der Waals surface area contributed by atoms with Crippen molar-refractivity contribution in [3.05, 3.63) is 101 Å². The van der Waals surface area contributed by atoms with Crippen molar-refractivity contribution >= 4 is 12.0 Å². The van der Waals surface area contributed by atoms with Gasteiger partial charge in [0.05, 0.1) is 11.4 Å². The van der Waals surface area contributed by atoms with E-state index >= 15 is 0 Å². The van der Waals surface area contributed by atoms with Crippen LogP contribution in [0.4, 0.5) is 4.79 Å². The molecule has 1 fully saturated rings. The van der Waals surface area contributed by atoms with E-state index < -0.39 is 11.5 Å². The Labute approximate surface area is 246 Å². The van der Waals surface area contributed by atoms with Gasteiger partial charge in [-0.3, -0.25) is 14.7 Å². The molecule has 1 aliphatic heterocycles. The molecule has 2 aromatic carbocycles. The van der Waals surface area contributed by atoms with Gasteiger partial charge in [0.25, 0.3) is 5.91 Å². The first kappa shape index (κ1) is 29.0. The molecular formula is C33H38N6O3. The summed E-state index contributed by atoms with van der Waals surface area (Å²) in [5, 5.41) is 4.30. The lowest BCUT2D eigenvalue weighted by Gasteiger charge is -2.35. The molecule has 0 atom stereocenters. The predicted molar refractivity (Wildman–Crippen MR) is 162 cm³/mol. The number of carbonyl (C=O) groups is 2. The second-order valence-corrected chi connectivity index (χ2v) is 11.8. The largest absolute Gasteiger partial charge is 0.444 e. The summed E-state index contributed by atoms with van der Waals surface area (Å²) in [6, 6.07) is 22.6. The minimum atomic E-state index is -0.532. The molecule has 0 radical (unpaired) electrons. The molecule has 0 spiro atoms. The monoisotopic (exact) mass is 566 g/mol. The van der Waals surface area contributed by atoms with Crippen LogP contribution in [0.5, 0.6) is 0 Å². The van der Waals surface area contributed by atoms with Crippen molar-refractivity contribution in [1.82, 2.24) is 24.6 Å². The fourth-order valence-electron chi connectivity index (χ4n) is 4.99. The number of pyridine rings is 1. The Morgan fingerprint density at radius 3 is 2.05 bits per heavy atom. The third-order valence-corrected chi connectivity index (χ3v) is 7.25. The van der Waals surface area contributed by atoms with Crippen LogP contribution in [0.1, 0.15) is 53.8 Å². The number of primary amides is 1. The summed E-state index contributed by atoms with van der Waals surface area (Å²) in [4.78, 5) is 32.6. The van der Waals surface area contributed by atoms with Gasteiger partial charge in [0.1, 0.15) is 5.60 Å². The van der Waals surface area contributed by atoms with Crippen LogP contribution in [-0.2, 0) is 17.7 Å². The van der Waals surface area contributed by atoms with E-state index in [0.717, 1.165) is 54.3 Å². The van der Waals surface area contributed by atoms with E-state index in [4.69, 9.17) is 15.5 Å². The van der Waals surface area contributed by atoms with Gasteiger partial charge in [-0.15, -0.1) is 0 Å². The molecule has 0 unspecified atom stereocenters. The zero-order chi connectivity index (χ0) is 29.9. The predicted octanol–water partition coefficient (Wildman–Crippen LogP) is 4.99. The summed E-state index contributed by atoms with van der Waals surface area (Å²) in [7, 11) is 0. The van der Waals surface area contributed by atoms with E-state index in [-0.39, 0.29) is 11.8 Å². The lowest BCUT2D eigenvalue weighted by molar-refractivity contribution is 0.0138. The number of ether oxygens (including phenoxy) is 1. The van der Waals surface area contributed by atoms with Crippen molar-refractivity contribution in [1.29, 1.82) is 0 Å². The maximum atomic E-state index is 12.3. The molecule has 9 nitrogen and oxygen atoms in total. The third kappa shape index (κ3) is 7.22. The fourth-order valence-corrected chi connectivity index (χ4v) is 4.99. The number of nitrogens with two attached hydrogens (primary N) is 1. The van der Waals surface area contributed by atoms with Gasteiger partial charge in [-0.25, -0.2) is 9.48 Å². The number of benzene rings is 2. The molecule has 0 saturated carbocycles. The zero-order valence-corrected chi connectivity index (χ0v) is 24.7. The first-order chi connectivity index (χ1) is 20.0. The molecule has 0 bridgehead atoms. The Hall–Kier alpha value is -4.50. The number of nitrogens with zero attached hydrogens (tertiary/aromatic N) is 5. The molecule has 5 rings (SSSR count). The number of hydrogen-bond acceptors (Lipinski definition) is 6. The molecular weight excluding hydrogens is 528 g/mol. The van der Waals surface area contributed by atoms with Gasteiger partial charge in [0.2, 0.25) is 0 Å². The number of aryl methyl sites for hydroxylation is 1. The lowest BCUT2D eigenvalue weighted by atomic mass is 10.0. The molecule has 2 amide bonds. The summed E-state index contributed by atoms with van der Waals surface area (Å²) in [5.41, 5.74) is 12.5. The number of hydrogen-bond donors (Lipinski definition) is 1. The lowest BCUT2D eigenvalue weighted by Crippen LogP contribution is -2.49. The van der Waals surface area contributed by atoms with Gasteiger partial charge in [0.15, 0.2) is 5.69 Å². The third-order valence-electron chi connectivity index (χ3n) is 7.25. The van der Waals surface area contributed by atoms with Gasteiger partial charge < -0.3 is 15.4 Å². The van der Waals surface area contributed by atoms with Crippen molar-refractivity contribution in [2.75, 3.05) is 26.2 Å². The smallest absolute Gasteiger partial charge is 0.410 e. The van der Waals surface area contributed by atoms with E-state index in [9.17, 15) is 9.59 Å². The van der Waals surface area contributed by atoms with Crippen molar-refractivity contribution in [3.63, 3.8) is 0 Å².